The number of sulfonamides is 1. The fraction of sp³-hybridized carbons (Fsp3) is 0.375. The quantitative estimate of drug-likeness (QED) is 0.362. The average molecular weight is 517 g/mol. The van der Waals surface area contributed by atoms with Gasteiger partial charge < -0.3 is 10.1 Å². The van der Waals surface area contributed by atoms with Gasteiger partial charge in [0, 0.05) is 26.4 Å². The van der Waals surface area contributed by atoms with Gasteiger partial charge in [0.1, 0.15) is 0 Å². The number of nitrogens with one attached hydrogen (secondary N) is 1. The molecule has 0 bridgehead atoms. The van der Waals surface area contributed by atoms with Gasteiger partial charge in [0.05, 0.1) is 34.2 Å². The molecule has 0 spiro atoms. The Morgan fingerprint density at radius 3 is 2.74 bits per heavy atom. The predicted octanol–water partition coefficient (Wildman–Crippen LogP) is 2.87. The zero-order valence-corrected chi connectivity index (χ0v) is 21.5. The summed E-state index contributed by atoms with van der Waals surface area (Å²) in [5.74, 6) is -0.330. The Morgan fingerprint density at radius 2 is 2.03 bits per heavy atom. The van der Waals surface area contributed by atoms with Crippen LogP contribution < -0.4 is 10.9 Å². The van der Waals surface area contributed by atoms with Gasteiger partial charge in [-0.15, -0.1) is 0 Å². The van der Waals surface area contributed by atoms with E-state index in [1.807, 2.05) is 6.07 Å². The van der Waals surface area contributed by atoms with E-state index in [1.54, 1.807) is 35.8 Å². The number of anilines is 1. The highest BCUT2D eigenvalue weighted by molar-refractivity contribution is 7.99. The highest BCUT2D eigenvalue weighted by Crippen LogP contribution is 2.24. The molecule has 0 radical (unpaired) electrons. The highest BCUT2D eigenvalue weighted by atomic mass is 32.2. The van der Waals surface area contributed by atoms with Crippen LogP contribution in [0.25, 0.3) is 10.9 Å². The number of nitrogens with zero attached hydrogens (tertiary/aromatic N) is 3. The molecule has 1 saturated heterocycles. The van der Waals surface area contributed by atoms with E-state index in [1.165, 1.54) is 38.0 Å². The van der Waals surface area contributed by atoms with Gasteiger partial charge in [0.2, 0.25) is 15.9 Å². The van der Waals surface area contributed by atoms with Crippen LogP contribution in [0.15, 0.2) is 57.3 Å². The number of benzene rings is 2. The van der Waals surface area contributed by atoms with Crippen molar-refractivity contribution in [2.45, 2.75) is 42.5 Å². The minimum absolute atomic E-state index is 0.000399. The number of hydrogen-bond donors (Lipinski definition) is 1. The maximum absolute atomic E-state index is 13.2. The first-order chi connectivity index (χ1) is 16.7. The first-order valence-corrected chi connectivity index (χ1v) is 13.7. The number of rotatable bonds is 8. The molecule has 0 unspecified atom stereocenters. The molecular weight excluding hydrogens is 488 g/mol. The number of carbonyl (C=O) groups is 1. The zero-order chi connectivity index (χ0) is 25.2. The number of thioether (sulfide) groups is 1. The van der Waals surface area contributed by atoms with Crippen molar-refractivity contribution in [2.75, 3.05) is 31.8 Å². The minimum atomic E-state index is -3.63. The van der Waals surface area contributed by atoms with Crippen LogP contribution in [-0.4, -0.2) is 60.7 Å². The fourth-order valence-corrected chi connectivity index (χ4v) is 5.57. The van der Waals surface area contributed by atoms with Crippen molar-refractivity contribution in [1.82, 2.24) is 13.9 Å². The van der Waals surface area contributed by atoms with Crippen molar-refractivity contribution in [1.29, 1.82) is 0 Å². The fourth-order valence-electron chi connectivity index (χ4n) is 3.83. The van der Waals surface area contributed by atoms with Gasteiger partial charge in [-0.25, -0.2) is 17.7 Å². The molecule has 0 saturated carbocycles. The number of para-hydroxylation sites is 1. The summed E-state index contributed by atoms with van der Waals surface area (Å²) in [5.41, 5.74) is 1.56. The molecule has 0 aliphatic carbocycles. The molecule has 186 valence electrons. The first-order valence-electron chi connectivity index (χ1n) is 11.2. The summed E-state index contributed by atoms with van der Waals surface area (Å²) in [6.07, 6.45) is 1.76. The standard InChI is InChI=1S/C24H28N4O5S2/c1-16-10-11-18(35(31,32)27(2)3)13-21(16)25-22(29)15-34-24-26-20-9-5-4-8-19(20)23(30)28(24)14-17-7-6-12-33-17/h4-5,8-11,13,17H,6-7,12,14-15H2,1-3H3,(H,25,29)/t17-/m1/s1. The maximum Gasteiger partial charge on any atom is 0.262 e. The van der Waals surface area contributed by atoms with Crippen LogP contribution in [0.2, 0.25) is 0 Å². The van der Waals surface area contributed by atoms with Crippen molar-refractivity contribution < 1.29 is 17.9 Å². The molecule has 2 heterocycles. The molecule has 4 rings (SSSR count). The Morgan fingerprint density at radius 1 is 1.26 bits per heavy atom. The molecule has 2 aromatic carbocycles. The number of amides is 1. The molecule has 1 aliphatic rings. The minimum Gasteiger partial charge on any atom is -0.376 e. The third-order valence-electron chi connectivity index (χ3n) is 5.83. The number of aryl methyl sites for hydroxylation is 1. The Balaban J connectivity index is 1.55. The van der Waals surface area contributed by atoms with Crippen molar-refractivity contribution in [3.05, 3.63) is 58.4 Å². The number of hydrogen-bond acceptors (Lipinski definition) is 7. The molecule has 11 heteroatoms. The number of ether oxygens (including phenoxy) is 1. The SMILES string of the molecule is Cc1ccc(S(=O)(=O)N(C)C)cc1NC(=O)CSc1nc2ccccc2c(=O)n1C[C@H]1CCCO1. The predicted molar refractivity (Wildman–Crippen MR) is 136 cm³/mol. The summed E-state index contributed by atoms with van der Waals surface area (Å²) in [7, 11) is -0.723. The van der Waals surface area contributed by atoms with E-state index in [4.69, 9.17) is 4.74 Å². The molecule has 1 aliphatic heterocycles. The third kappa shape index (κ3) is 5.58. The van der Waals surface area contributed by atoms with Crippen LogP contribution in [0, 0.1) is 6.92 Å². The molecule has 9 nitrogen and oxygen atoms in total. The number of fused-ring (bicyclic) bond motifs is 1. The van der Waals surface area contributed by atoms with Crippen molar-refractivity contribution in [3.63, 3.8) is 0 Å². The van der Waals surface area contributed by atoms with Gasteiger partial charge in [-0.1, -0.05) is 30.0 Å². The van der Waals surface area contributed by atoms with Gasteiger partial charge in [0.25, 0.3) is 5.56 Å². The number of carbonyl (C=O) groups excluding carboxylic acids is 1. The second-order valence-electron chi connectivity index (χ2n) is 8.56. The average Bonchev–Trinajstić information content (AvgIpc) is 3.34. The third-order valence-corrected chi connectivity index (χ3v) is 8.62. The molecule has 1 fully saturated rings. The van der Waals surface area contributed by atoms with E-state index in [2.05, 4.69) is 10.3 Å². The van der Waals surface area contributed by atoms with Gasteiger partial charge in [-0.2, -0.15) is 0 Å². The highest BCUT2D eigenvalue weighted by Gasteiger charge is 2.22. The number of aromatic nitrogens is 2. The Hall–Kier alpha value is -2.73. The lowest BCUT2D eigenvalue weighted by Crippen LogP contribution is -2.29. The summed E-state index contributed by atoms with van der Waals surface area (Å²) < 4.78 is 33.4. The molecule has 1 atom stereocenters. The van der Waals surface area contributed by atoms with E-state index < -0.39 is 10.0 Å². The molecular formula is C24H28N4O5S2. The Bertz CT molecular complexity index is 1410. The lowest BCUT2D eigenvalue weighted by atomic mass is 10.2. The van der Waals surface area contributed by atoms with E-state index in [-0.39, 0.29) is 28.2 Å². The van der Waals surface area contributed by atoms with E-state index >= 15 is 0 Å². The van der Waals surface area contributed by atoms with Crippen LogP contribution in [0.1, 0.15) is 18.4 Å². The Labute approximate surface area is 208 Å². The largest absolute Gasteiger partial charge is 0.376 e. The summed E-state index contributed by atoms with van der Waals surface area (Å²) >= 11 is 1.17. The molecule has 3 aromatic rings. The lowest BCUT2D eigenvalue weighted by molar-refractivity contribution is -0.113. The second-order valence-corrected chi connectivity index (χ2v) is 11.7. The first kappa shape index (κ1) is 25.4. The van der Waals surface area contributed by atoms with Crippen molar-refractivity contribution in [3.8, 4) is 0 Å². The second kappa shape index (κ2) is 10.5. The van der Waals surface area contributed by atoms with Gasteiger partial charge in [-0.3, -0.25) is 14.2 Å². The molecule has 1 N–H and O–H groups in total. The van der Waals surface area contributed by atoms with E-state index in [9.17, 15) is 18.0 Å². The topological polar surface area (TPSA) is 111 Å². The molecule has 35 heavy (non-hydrogen) atoms. The van der Waals surface area contributed by atoms with Crippen molar-refractivity contribution >= 4 is 44.3 Å². The van der Waals surface area contributed by atoms with Crippen molar-refractivity contribution in [2.24, 2.45) is 0 Å². The van der Waals surface area contributed by atoms with E-state index in [0.29, 0.717) is 34.9 Å². The van der Waals surface area contributed by atoms with Crippen LogP contribution >= 0.6 is 11.8 Å². The lowest BCUT2D eigenvalue weighted by Gasteiger charge is -2.17. The summed E-state index contributed by atoms with van der Waals surface area (Å²) in [6, 6.07) is 11.8. The van der Waals surface area contributed by atoms with Gasteiger partial charge in [0.15, 0.2) is 5.16 Å². The molecule has 1 aromatic heterocycles. The summed E-state index contributed by atoms with van der Waals surface area (Å²) in [6.45, 7) is 2.84. The summed E-state index contributed by atoms with van der Waals surface area (Å²) in [4.78, 5) is 30.7. The monoisotopic (exact) mass is 516 g/mol. The molecule has 1 amide bonds. The van der Waals surface area contributed by atoms with Gasteiger partial charge >= 0.3 is 0 Å². The van der Waals surface area contributed by atoms with Crippen LogP contribution in [0.3, 0.4) is 0 Å². The van der Waals surface area contributed by atoms with Crippen LogP contribution in [-0.2, 0) is 26.1 Å². The van der Waals surface area contributed by atoms with E-state index in [0.717, 1.165) is 22.7 Å². The Kier molecular flexibility index (Phi) is 7.60. The maximum atomic E-state index is 13.2. The smallest absolute Gasteiger partial charge is 0.262 e. The van der Waals surface area contributed by atoms with Crippen LogP contribution in [0.5, 0.6) is 0 Å². The van der Waals surface area contributed by atoms with Crippen LogP contribution in [0.4, 0.5) is 5.69 Å². The van der Waals surface area contributed by atoms with Gasteiger partial charge in [-0.05, 0) is 49.6 Å². The summed E-state index contributed by atoms with van der Waals surface area (Å²) in [5, 5.41) is 3.76. The normalized spacial score (nSPS) is 16.2. The zero-order valence-electron chi connectivity index (χ0n) is 19.9.